The summed E-state index contributed by atoms with van der Waals surface area (Å²) < 4.78 is 13.1. The van der Waals surface area contributed by atoms with Gasteiger partial charge in [0.1, 0.15) is 6.04 Å². The molecule has 41 heavy (non-hydrogen) atoms. The van der Waals surface area contributed by atoms with Gasteiger partial charge in [0.25, 0.3) is 5.91 Å². The van der Waals surface area contributed by atoms with Crippen LogP contribution in [0.15, 0.2) is 53.0 Å². The van der Waals surface area contributed by atoms with E-state index in [9.17, 15) is 14.7 Å². The number of hydrogen-bond donors (Lipinski definition) is 3. The number of aliphatic hydroxyl groups excluding tert-OH is 1. The Kier molecular flexibility index (Phi) is 14.6. The number of aliphatic hydroxyl groups is 1. The summed E-state index contributed by atoms with van der Waals surface area (Å²) in [6.07, 6.45) is 3.37. The Morgan fingerprint density at radius 3 is 2.39 bits per heavy atom. The predicted octanol–water partition coefficient (Wildman–Crippen LogP) is 4.51. The Hall–Kier alpha value is -1.95. The molecule has 11 heteroatoms. The van der Waals surface area contributed by atoms with Crippen LogP contribution < -0.4 is 10.6 Å². The molecule has 1 fully saturated rings. The Labute approximate surface area is 257 Å². The smallest absolute Gasteiger partial charge is 0.410 e. The number of amides is 2. The van der Waals surface area contributed by atoms with Crippen molar-refractivity contribution >= 4 is 46.5 Å². The van der Waals surface area contributed by atoms with Gasteiger partial charge in [0.2, 0.25) is 5.91 Å². The van der Waals surface area contributed by atoms with Crippen molar-refractivity contribution in [2.45, 2.75) is 57.9 Å². The highest BCUT2D eigenvalue weighted by Crippen LogP contribution is 2.21. The zero-order valence-electron chi connectivity index (χ0n) is 24.0. The van der Waals surface area contributed by atoms with Gasteiger partial charge in [-0.1, -0.05) is 71.7 Å². The SMILES string of the molecule is CC(C)C[C@H](NC(=O)[C@H](Cc1ccccc1)NC(=O)c1cc(Br)ccc1Cl)B1OCCCN(CCCO)CCCO1. The quantitative estimate of drug-likeness (QED) is 0.293. The second kappa shape index (κ2) is 17.9. The van der Waals surface area contributed by atoms with Gasteiger partial charge in [-0.05, 0) is 55.4 Å². The number of benzene rings is 2. The second-order valence-corrected chi connectivity index (χ2v) is 12.1. The molecule has 2 atom stereocenters. The van der Waals surface area contributed by atoms with Crippen molar-refractivity contribution in [2.75, 3.05) is 39.5 Å². The van der Waals surface area contributed by atoms with E-state index in [1.807, 2.05) is 30.3 Å². The van der Waals surface area contributed by atoms with Crippen LogP contribution in [-0.2, 0) is 20.5 Å². The van der Waals surface area contributed by atoms with E-state index in [1.54, 1.807) is 18.2 Å². The van der Waals surface area contributed by atoms with Gasteiger partial charge in [-0.15, -0.1) is 0 Å². The third-order valence-corrected chi connectivity index (χ3v) is 7.72. The molecule has 1 aliphatic rings. The third kappa shape index (κ3) is 11.7. The highest BCUT2D eigenvalue weighted by molar-refractivity contribution is 9.10. The fourth-order valence-electron chi connectivity index (χ4n) is 4.88. The molecule has 8 nitrogen and oxygen atoms in total. The summed E-state index contributed by atoms with van der Waals surface area (Å²) in [5.74, 6) is -0.847. The Morgan fingerprint density at radius 2 is 1.76 bits per heavy atom. The maximum absolute atomic E-state index is 13.8. The second-order valence-electron chi connectivity index (χ2n) is 10.8. The molecule has 3 rings (SSSR count). The van der Waals surface area contributed by atoms with Crippen molar-refractivity contribution < 1.29 is 24.0 Å². The molecule has 0 aromatic heterocycles. The first kappa shape index (κ1) is 33.6. The molecule has 2 aromatic rings. The van der Waals surface area contributed by atoms with Crippen molar-refractivity contribution in [1.82, 2.24) is 15.5 Å². The van der Waals surface area contributed by atoms with Gasteiger partial charge in [-0.2, -0.15) is 0 Å². The lowest BCUT2D eigenvalue weighted by Crippen LogP contribution is -2.56. The molecule has 0 bridgehead atoms. The number of rotatable bonds is 12. The van der Waals surface area contributed by atoms with Crippen LogP contribution in [0.2, 0.25) is 5.02 Å². The highest BCUT2D eigenvalue weighted by atomic mass is 79.9. The number of hydrogen-bond acceptors (Lipinski definition) is 6. The van der Waals surface area contributed by atoms with Crippen LogP contribution in [-0.4, -0.2) is 80.4 Å². The van der Waals surface area contributed by atoms with E-state index in [0.717, 1.165) is 48.9 Å². The molecule has 1 saturated heterocycles. The molecule has 1 heterocycles. The zero-order valence-corrected chi connectivity index (χ0v) is 26.3. The van der Waals surface area contributed by atoms with E-state index in [4.69, 9.17) is 20.9 Å². The minimum Gasteiger partial charge on any atom is -0.410 e. The fraction of sp³-hybridized carbons (Fsp3) is 0.533. The Balaban J connectivity index is 1.75. The lowest BCUT2D eigenvalue weighted by atomic mass is 9.73. The van der Waals surface area contributed by atoms with E-state index in [2.05, 4.69) is 45.3 Å². The molecule has 0 saturated carbocycles. The first-order valence-electron chi connectivity index (χ1n) is 14.4. The summed E-state index contributed by atoms with van der Waals surface area (Å²) in [6, 6.07) is 13.8. The van der Waals surface area contributed by atoms with Crippen LogP contribution in [0.1, 0.15) is 55.5 Å². The molecular formula is C30H42BBrClN3O5. The summed E-state index contributed by atoms with van der Waals surface area (Å²) in [6.45, 7) is 7.99. The number of halogens is 2. The molecule has 0 spiro atoms. The van der Waals surface area contributed by atoms with Crippen molar-refractivity contribution in [2.24, 2.45) is 5.92 Å². The zero-order chi connectivity index (χ0) is 29.6. The summed E-state index contributed by atoms with van der Waals surface area (Å²) in [4.78, 5) is 29.4. The van der Waals surface area contributed by atoms with E-state index >= 15 is 0 Å². The molecule has 2 aromatic carbocycles. The normalized spacial score (nSPS) is 16.7. The average Bonchev–Trinajstić information content (AvgIpc) is 2.95. The number of carbonyl (C=O) groups is 2. The molecule has 0 unspecified atom stereocenters. The monoisotopic (exact) mass is 649 g/mol. The topological polar surface area (TPSA) is 100 Å². The number of carbonyl (C=O) groups excluding carboxylic acids is 2. The van der Waals surface area contributed by atoms with Gasteiger partial charge in [0.15, 0.2) is 0 Å². The maximum atomic E-state index is 13.8. The van der Waals surface area contributed by atoms with Gasteiger partial charge in [0.05, 0.1) is 16.5 Å². The van der Waals surface area contributed by atoms with E-state index in [-0.39, 0.29) is 24.0 Å². The molecule has 0 radical (unpaired) electrons. The fourth-order valence-corrected chi connectivity index (χ4v) is 5.45. The highest BCUT2D eigenvalue weighted by Gasteiger charge is 2.35. The molecular weight excluding hydrogens is 609 g/mol. The maximum Gasteiger partial charge on any atom is 0.480 e. The van der Waals surface area contributed by atoms with E-state index in [1.165, 1.54) is 0 Å². The van der Waals surface area contributed by atoms with Crippen LogP contribution in [0.5, 0.6) is 0 Å². The van der Waals surface area contributed by atoms with Crippen molar-refractivity contribution in [3.63, 3.8) is 0 Å². The number of nitrogens with zero attached hydrogens (tertiary/aromatic N) is 1. The first-order chi connectivity index (χ1) is 19.8. The van der Waals surface area contributed by atoms with Crippen molar-refractivity contribution in [3.8, 4) is 0 Å². The molecule has 224 valence electrons. The van der Waals surface area contributed by atoms with Gasteiger partial charge in [-0.3, -0.25) is 9.59 Å². The summed E-state index contributed by atoms with van der Waals surface area (Å²) >= 11 is 9.71. The summed E-state index contributed by atoms with van der Waals surface area (Å²) in [7, 11) is -0.599. The average molecular weight is 651 g/mol. The summed E-state index contributed by atoms with van der Waals surface area (Å²) in [5.41, 5.74) is 1.21. The molecule has 1 aliphatic heterocycles. The molecule has 3 N–H and O–H groups in total. The van der Waals surface area contributed by atoms with E-state index in [0.29, 0.717) is 31.1 Å². The van der Waals surface area contributed by atoms with Gasteiger partial charge < -0.3 is 29.9 Å². The Bertz CT molecular complexity index is 1090. The van der Waals surface area contributed by atoms with Gasteiger partial charge >= 0.3 is 7.12 Å². The third-order valence-electron chi connectivity index (χ3n) is 6.89. The van der Waals surface area contributed by atoms with Crippen molar-refractivity contribution in [3.05, 3.63) is 69.2 Å². The summed E-state index contributed by atoms with van der Waals surface area (Å²) in [5, 5.41) is 15.5. The largest absolute Gasteiger partial charge is 0.480 e. The van der Waals surface area contributed by atoms with Crippen LogP contribution in [0.3, 0.4) is 0 Å². The Morgan fingerprint density at radius 1 is 1.07 bits per heavy atom. The molecule has 0 aliphatic carbocycles. The van der Waals surface area contributed by atoms with E-state index < -0.39 is 25.0 Å². The van der Waals surface area contributed by atoms with Crippen LogP contribution >= 0.6 is 27.5 Å². The van der Waals surface area contributed by atoms with Crippen LogP contribution in [0.25, 0.3) is 0 Å². The van der Waals surface area contributed by atoms with Crippen LogP contribution in [0.4, 0.5) is 0 Å². The van der Waals surface area contributed by atoms with Gasteiger partial charge in [-0.25, -0.2) is 0 Å². The lowest BCUT2D eigenvalue weighted by molar-refractivity contribution is -0.123. The minimum absolute atomic E-state index is 0.184. The van der Waals surface area contributed by atoms with Gasteiger partial charge in [0, 0.05) is 50.3 Å². The minimum atomic E-state index is -0.839. The molecule has 2 amide bonds. The standard InChI is InChI=1S/C30H42BBrClN3O5/c1-22(2)19-28(31-40-17-7-14-36(13-6-16-37)15-8-18-41-31)35-30(39)27(20-23-9-4-3-5-10-23)34-29(38)25-21-24(32)11-12-26(25)33/h3-5,9-12,21-22,27-28,37H,6-8,13-20H2,1-2H3,(H,34,38)(H,35,39)/t27-,28-/m0/s1. The van der Waals surface area contributed by atoms with Crippen molar-refractivity contribution in [1.29, 1.82) is 0 Å². The first-order valence-corrected chi connectivity index (χ1v) is 15.6. The predicted molar refractivity (Wildman–Crippen MR) is 167 cm³/mol. The lowest BCUT2D eigenvalue weighted by Gasteiger charge is -2.30. The number of nitrogens with one attached hydrogen (secondary N) is 2. The van der Waals surface area contributed by atoms with Crippen LogP contribution in [0, 0.1) is 5.92 Å².